The molecule has 0 heterocycles. The van der Waals surface area contributed by atoms with Crippen molar-refractivity contribution in [3.05, 3.63) is 0 Å². The van der Waals surface area contributed by atoms with Crippen molar-refractivity contribution >= 4 is 5.91 Å². The highest BCUT2D eigenvalue weighted by Crippen LogP contribution is 2.44. The Morgan fingerprint density at radius 2 is 2.27 bits per heavy atom. The Morgan fingerprint density at radius 1 is 1.60 bits per heavy atom. The molecule has 1 amide bonds. The van der Waals surface area contributed by atoms with Gasteiger partial charge >= 0.3 is 0 Å². The fraction of sp³-hybridized carbons (Fsp3) is 0.667. The molecule has 0 bridgehead atoms. The summed E-state index contributed by atoms with van der Waals surface area (Å²) in [7, 11) is 0. The van der Waals surface area contributed by atoms with E-state index in [0.29, 0.717) is 31.7 Å². The molecule has 80 valence electrons. The zero-order valence-electron chi connectivity index (χ0n) is 9.26. The second-order valence-electron chi connectivity index (χ2n) is 4.14. The molecule has 0 spiro atoms. The van der Waals surface area contributed by atoms with Crippen molar-refractivity contribution in [3.8, 4) is 17.9 Å². The van der Waals surface area contributed by atoms with E-state index in [9.17, 15) is 4.79 Å². The highest BCUT2D eigenvalue weighted by Gasteiger charge is 2.48. The monoisotopic (exact) mass is 204 g/mol. The van der Waals surface area contributed by atoms with E-state index in [1.807, 2.05) is 0 Å². The van der Waals surface area contributed by atoms with E-state index >= 15 is 0 Å². The maximum absolute atomic E-state index is 11.7. The summed E-state index contributed by atoms with van der Waals surface area (Å²) < 4.78 is 0. The Labute approximate surface area is 90.9 Å². The summed E-state index contributed by atoms with van der Waals surface area (Å²) in [6, 6.07) is 2.14. The third-order valence-electron chi connectivity index (χ3n) is 2.75. The Kier molecular flexibility index (Phi) is 3.74. The summed E-state index contributed by atoms with van der Waals surface area (Å²) in [4.78, 5) is 11.7. The van der Waals surface area contributed by atoms with Crippen molar-refractivity contribution < 1.29 is 4.79 Å². The van der Waals surface area contributed by atoms with Crippen LogP contribution in [0.1, 0.15) is 33.1 Å². The van der Waals surface area contributed by atoms with Crippen molar-refractivity contribution in [3.63, 3.8) is 0 Å². The quantitative estimate of drug-likeness (QED) is 0.559. The second kappa shape index (κ2) is 4.84. The van der Waals surface area contributed by atoms with Gasteiger partial charge in [0.2, 0.25) is 5.91 Å². The number of nitrogens with one attached hydrogen (secondary N) is 1. The Balaban J connectivity index is 2.39. The standard InChI is InChI=1S/C12H16N2O/c1-3-4-5-6-14-11(15)12(9-13)7-10(2)8-12/h10H,5-8H2,1-2H3,(H,14,15). The average Bonchev–Trinajstić information content (AvgIpc) is 2.19. The predicted octanol–water partition coefficient (Wildman–Crippen LogP) is 1.46. The molecule has 0 atom stereocenters. The van der Waals surface area contributed by atoms with Gasteiger partial charge < -0.3 is 5.32 Å². The van der Waals surface area contributed by atoms with Gasteiger partial charge in [0.1, 0.15) is 5.41 Å². The van der Waals surface area contributed by atoms with Crippen LogP contribution in [0.15, 0.2) is 0 Å². The van der Waals surface area contributed by atoms with Crippen molar-refractivity contribution in [2.75, 3.05) is 6.54 Å². The number of amides is 1. The van der Waals surface area contributed by atoms with Gasteiger partial charge in [-0.25, -0.2) is 0 Å². The highest BCUT2D eigenvalue weighted by atomic mass is 16.2. The normalized spacial score (nSPS) is 27.9. The highest BCUT2D eigenvalue weighted by molar-refractivity contribution is 5.86. The molecular formula is C12H16N2O. The summed E-state index contributed by atoms with van der Waals surface area (Å²) in [5.74, 6) is 6.00. The zero-order valence-corrected chi connectivity index (χ0v) is 9.26. The van der Waals surface area contributed by atoms with Gasteiger partial charge in [-0.3, -0.25) is 4.79 Å². The number of rotatable bonds is 3. The topological polar surface area (TPSA) is 52.9 Å². The molecule has 0 aromatic rings. The third kappa shape index (κ3) is 2.50. The first kappa shape index (κ1) is 11.6. The molecule has 1 rings (SSSR count). The van der Waals surface area contributed by atoms with E-state index in [4.69, 9.17) is 5.26 Å². The molecule has 0 unspecified atom stereocenters. The van der Waals surface area contributed by atoms with Crippen molar-refractivity contribution in [2.24, 2.45) is 11.3 Å². The number of carbonyl (C=O) groups excluding carboxylic acids is 1. The average molecular weight is 204 g/mol. The van der Waals surface area contributed by atoms with Crippen LogP contribution < -0.4 is 5.32 Å². The van der Waals surface area contributed by atoms with Crippen LogP contribution in [0.25, 0.3) is 0 Å². The number of hydrogen-bond acceptors (Lipinski definition) is 2. The van der Waals surface area contributed by atoms with Gasteiger partial charge in [0.05, 0.1) is 6.07 Å². The predicted molar refractivity (Wildman–Crippen MR) is 57.5 cm³/mol. The van der Waals surface area contributed by atoms with E-state index in [1.54, 1.807) is 6.92 Å². The maximum Gasteiger partial charge on any atom is 0.240 e. The number of nitrogens with zero attached hydrogens (tertiary/aromatic N) is 1. The lowest BCUT2D eigenvalue weighted by Gasteiger charge is -2.39. The van der Waals surface area contributed by atoms with Gasteiger partial charge in [-0.15, -0.1) is 11.8 Å². The number of hydrogen-bond donors (Lipinski definition) is 1. The number of carbonyl (C=O) groups is 1. The molecule has 1 saturated carbocycles. The van der Waals surface area contributed by atoms with Gasteiger partial charge in [0.25, 0.3) is 0 Å². The summed E-state index contributed by atoms with van der Waals surface area (Å²) in [5, 5.41) is 11.8. The van der Waals surface area contributed by atoms with Crippen molar-refractivity contribution in [1.29, 1.82) is 5.26 Å². The SMILES string of the molecule is CC#CCCNC(=O)C1(C#N)CC(C)C1. The largest absolute Gasteiger partial charge is 0.354 e. The van der Waals surface area contributed by atoms with Crippen LogP contribution in [0.4, 0.5) is 0 Å². The van der Waals surface area contributed by atoms with E-state index in [-0.39, 0.29) is 5.91 Å². The smallest absolute Gasteiger partial charge is 0.240 e. The molecule has 1 fully saturated rings. The summed E-state index contributed by atoms with van der Waals surface area (Å²) in [6.07, 6.45) is 2.03. The van der Waals surface area contributed by atoms with Crippen LogP contribution in [-0.2, 0) is 4.79 Å². The van der Waals surface area contributed by atoms with Crippen LogP contribution >= 0.6 is 0 Å². The first-order valence-electron chi connectivity index (χ1n) is 5.24. The van der Waals surface area contributed by atoms with Gasteiger partial charge in [-0.2, -0.15) is 5.26 Å². The molecule has 0 saturated heterocycles. The van der Waals surface area contributed by atoms with Crippen LogP contribution in [0.5, 0.6) is 0 Å². The summed E-state index contributed by atoms with van der Waals surface area (Å²) in [6.45, 7) is 4.37. The molecule has 0 aromatic heterocycles. The number of nitriles is 1. The Bertz CT molecular complexity index is 337. The first-order valence-corrected chi connectivity index (χ1v) is 5.24. The maximum atomic E-state index is 11.7. The van der Waals surface area contributed by atoms with E-state index < -0.39 is 5.41 Å². The van der Waals surface area contributed by atoms with Crippen LogP contribution in [0.2, 0.25) is 0 Å². The Morgan fingerprint density at radius 3 is 2.73 bits per heavy atom. The van der Waals surface area contributed by atoms with Gasteiger partial charge in [-0.05, 0) is 25.7 Å². The minimum Gasteiger partial charge on any atom is -0.354 e. The molecule has 0 aliphatic heterocycles. The van der Waals surface area contributed by atoms with E-state index in [1.165, 1.54) is 0 Å². The summed E-state index contributed by atoms with van der Waals surface area (Å²) >= 11 is 0. The minimum absolute atomic E-state index is 0.124. The molecule has 3 nitrogen and oxygen atoms in total. The Hall–Kier alpha value is -1.48. The molecular weight excluding hydrogens is 188 g/mol. The molecule has 1 aliphatic carbocycles. The summed E-state index contributed by atoms with van der Waals surface area (Å²) in [5.41, 5.74) is -0.751. The van der Waals surface area contributed by atoms with Gasteiger partial charge in [0, 0.05) is 13.0 Å². The zero-order chi connectivity index (χ0) is 11.3. The van der Waals surface area contributed by atoms with Crippen LogP contribution in [0, 0.1) is 34.5 Å². The van der Waals surface area contributed by atoms with Gasteiger partial charge in [0.15, 0.2) is 0 Å². The molecule has 0 aromatic carbocycles. The minimum atomic E-state index is -0.751. The second-order valence-corrected chi connectivity index (χ2v) is 4.14. The molecule has 1 N–H and O–H groups in total. The third-order valence-corrected chi connectivity index (χ3v) is 2.75. The molecule has 15 heavy (non-hydrogen) atoms. The van der Waals surface area contributed by atoms with Gasteiger partial charge in [-0.1, -0.05) is 6.92 Å². The lowest BCUT2D eigenvalue weighted by atomic mass is 9.63. The van der Waals surface area contributed by atoms with E-state index in [0.717, 1.165) is 0 Å². The fourth-order valence-electron chi connectivity index (χ4n) is 1.99. The fourth-order valence-corrected chi connectivity index (χ4v) is 1.99. The van der Waals surface area contributed by atoms with Crippen LogP contribution in [0.3, 0.4) is 0 Å². The van der Waals surface area contributed by atoms with Crippen molar-refractivity contribution in [2.45, 2.75) is 33.1 Å². The first-order chi connectivity index (χ1) is 7.14. The lowest BCUT2D eigenvalue weighted by Crippen LogP contribution is -2.48. The van der Waals surface area contributed by atoms with Crippen LogP contribution in [-0.4, -0.2) is 12.5 Å². The lowest BCUT2D eigenvalue weighted by molar-refractivity contribution is -0.133. The molecule has 1 aliphatic rings. The molecule has 3 heteroatoms. The molecule has 0 radical (unpaired) electrons. The van der Waals surface area contributed by atoms with Crippen molar-refractivity contribution in [1.82, 2.24) is 5.32 Å². The van der Waals surface area contributed by atoms with E-state index in [2.05, 4.69) is 30.2 Å².